The lowest BCUT2D eigenvalue weighted by atomic mass is 9.77. The summed E-state index contributed by atoms with van der Waals surface area (Å²) < 4.78 is 11.4. The minimum Gasteiger partial charge on any atom is -0.463 e. The van der Waals surface area contributed by atoms with Gasteiger partial charge in [-0.3, -0.25) is 9.59 Å². The van der Waals surface area contributed by atoms with Crippen LogP contribution in [0.2, 0.25) is 0 Å². The van der Waals surface area contributed by atoms with Gasteiger partial charge < -0.3 is 14.4 Å². The van der Waals surface area contributed by atoms with Gasteiger partial charge in [-0.15, -0.1) is 0 Å². The number of ether oxygens (including phenoxy) is 2. The van der Waals surface area contributed by atoms with Crippen LogP contribution in [-0.2, 0) is 19.1 Å². The largest absolute Gasteiger partial charge is 0.463 e. The molecule has 5 atom stereocenters. The highest BCUT2D eigenvalue weighted by Crippen LogP contribution is 2.52. The van der Waals surface area contributed by atoms with Gasteiger partial charge >= 0.3 is 5.97 Å². The number of hydrogen-bond acceptors (Lipinski definition) is 4. The second-order valence-corrected chi connectivity index (χ2v) is 6.61. The molecule has 1 amide bonds. The lowest BCUT2D eigenvalue weighted by Gasteiger charge is -2.26. The first-order valence-electron chi connectivity index (χ1n) is 7.77. The van der Waals surface area contributed by atoms with Crippen molar-refractivity contribution in [3.63, 3.8) is 0 Å². The van der Waals surface area contributed by atoms with E-state index in [0.29, 0.717) is 6.54 Å². The molecule has 0 aliphatic carbocycles. The third kappa shape index (κ3) is 2.01. The van der Waals surface area contributed by atoms with Crippen LogP contribution in [0.1, 0.15) is 34.1 Å². The second kappa shape index (κ2) is 4.83. The molecule has 116 valence electrons. The lowest BCUT2D eigenvalue weighted by Crippen LogP contribution is -2.41. The molecule has 0 aromatic carbocycles. The fourth-order valence-corrected chi connectivity index (χ4v) is 3.70. The summed E-state index contributed by atoms with van der Waals surface area (Å²) in [5, 5.41) is 0. The third-order valence-electron chi connectivity index (χ3n) is 4.88. The number of likely N-dealkylation sites (tertiary alicyclic amines) is 1. The summed E-state index contributed by atoms with van der Waals surface area (Å²) in [6.45, 7) is 8.28. The molecule has 0 aromatic heterocycles. The summed E-state index contributed by atoms with van der Waals surface area (Å²) >= 11 is 0. The van der Waals surface area contributed by atoms with E-state index in [9.17, 15) is 9.59 Å². The Morgan fingerprint density at radius 1 is 1.52 bits per heavy atom. The van der Waals surface area contributed by atoms with E-state index < -0.39 is 17.4 Å². The summed E-state index contributed by atoms with van der Waals surface area (Å²) in [5.41, 5.74) is -0.619. The molecule has 0 unspecified atom stereocenters. The molecule has 0 N–H and O–H groups in total. The molecule has 1 spiro atoms. The Morgan fingerprint density at radius 2 is 2.24 bits per heavy atom. The van der Waals surface area contributed by atoms with E-state index >= 15 is 0 Å². The van der Waals surface area contributed by atoms with Crippen molar-refractivity contribution in [2.24, 2.45) is 11.8 Å². The van der Waals surface area contributed by atoms with Crippen LogP contribution < -0.4 is 0 Å². The van der Waals surface area contributed by atoms with E-state index in [1.165, 1.54) is 0 Å². The molecule has 5 heteroatoms. The van der Waals surface area contributed by atoms with Crippen molar-refractivity contribution >= 4 is 11.9 Å². The van der Waals surface area contributed by atoms with Crippen molar-refractivity contribution in [3.8, 4) is 0 Å². The molecule has 2 fully saturated rings. The first-order valence-corrected chi connectivity index (χ1v) is 7.77. The molecule has 0 aromatic rings. The normalized spacial score (nSPS) is 38.2. The Bertz CT molecular complexity index is 501. The zero-order valence-corrected chi connectivity index (χ0v) is 13.0. The Labute approximate surface area is 125 Å². The van der Waals surface area contributed by atoms with Crippen LogP contribution in [0, 0.1) is 11.8 Å². The first-order chi connectivity index (χ1) is 9.89. The standard InChI is InChI=1S/C16H23NO4/c1-5-10(4)17-8-16-7-6-11(21-16)12(13(16)14(17)18)15(19)20-9(2)3/h6-7,9-13H,5,8H2,1-4H3/t10-,11-,12-,13+,16-/m1/s1. The number of rotatable bonds is 4. The third-order valence-corrected chi connectivity index (χ3v) is 4.88. The average Bonchev–Trinajstić information content (AvgIpc) is 3.05. The molecule has 5 nitrogen and oxygen atoms in total. The smallest absolute Gasteiger partial charge is 0.313 e. The van der Waals surface area contributed by atoms with E-state index in [-0.39, 0.29) is 30.1 Å². The molecule has 3 heterocycles. The van der Waals surface area contributed by atoms with Gasteiger partial charge in [0.05, 0.1) is 24.7 Å². The Balaban J connectivity index is 1.88. The van der Waals surface area contributed by atoms with E-state index in [2.05, 4.69) is 6.92 Å². The van der Waals surface area contributed by atoms with Gasteiger partial charge in [-0.25, -0.2) is 0 Å². The summed E-state index contributed by atoms with van der Waals surface area (Å²) in [7, 11) is 0. The number of hydrogen-bond donors (Lipinski definition) is 0. The van der Waals surface area contributed by atoms with E-state index in [1.807, 2.05) is 37.8 Å². The number of fused-ring (bicyclic) bond motifs is 1. The van der Waals surface area contributed by atoms with Crippen LogP contribution >= 0.6 is 0 Å². The average molecular weight is 293 g/mol. The monoisotopic (exact) mass is 293 g/mol. The predicted octanol–water partition coefficient (Wildman–Crippen LogP) is 1.52. The van der Waals surface area contributed by atoms with Crippen molar-refractivity contribution in [3.05, 3.63) is 12.2 Å². The number of nitrogens with zero attached hydrogens (tertiary/aromatic N) is 1. The maximum absolute atomic E-state index is 12.8. The van der Waals surface area contributed by atoms with Gasteiger partial charge in [0.1, 0.15) is 11.5 Å². The fraction of sp³-hybridized carbons (Fsp3) is 0.750. The molecule has 21 heavy (non-hydrogen) atoms. The minimum atomic E-state index is -0.619. The summed E-state index contributed by atoms with van der Waals surface area (Å²) in [4.78, 5) is 27.0. The predicted molar refractivity (Wildman–Crippen MR) is 76.4 cm³/mol. The van der Waals surface area contributed by atoms with Crippen LogP contribution in [0.3, 0.4) is 0 Å². The van der Waals surface area contributed by atoms with Crippen LogP contribution in [-0.4, -0.2) is 47.2 Å². The fourth-order valence-electron chi connectivity index (χ4n) is 3.70. The Kier molecular flexibility index (Phi) is 3.35. The molecule has 0 radical (unpaired) electrons. The second-order valence-electron chi connectivity index (χ2n) is 6.61. The van der Waals surface area contributed by atoms with E-state index in [1.54, 1.807) is 0 Å². The SMILES string of the molecule is CC[C@@H](C)N1C[C@@]23C=C[C@@H](O2)[C@@H](C(=O)OC(C)C)[C@H]3C1=O. The molecule has 3 aliphatic heterocycles. The highest BCUT2D eigenvalue weighted by atomic mass is 16.6. The summed E-state index contributed by atoms with van der Waals surface area (Å²) in [6.07, 6.45) is 4.28. The van der Waals surface area contributed by atoms with Crippen LogP contribution in [0.15, 0.2) is 12.2 Å². The van der Waals surface area contributed by atoms with E-state index in [4.69, 9.17) is 9.47 Å². The maximum Gasteiger partial charge on any atom is 0.313 e. The topological polar surface area (TPSA) is 55.8 Å². The van der Waals surface area contributed by atoms with Crippen molar-refractivity contribution in [1.82, 2.24) is 4.90 Å². The molecule has 3 rings (SSSR count). The number of esters is 1. The van der Waals surface area contributed by atoms with Crippen LogP contribution in [0.5, 0.6) is 0 Å². The Hall–Kier alpha value is -1.36. The molecular weight excluding hydrogens is 270 g/mol. The van der Waals surface area contributed by atoms with Crippen molar-refractivity contribution in [1.29, 1.82) is 0 Å². The molecule has 3 aliphatic rings. The zero-order chi connectivity index (χ0) is 15.4. The van der Waals surface area contributed by atoms with Gasteiger partial charge in [-0.1, -0.05) is 19.1 Å². The van der Waals surface area contributed by atoms with Gasteiger partial charge in [0, 0.05) is 6.04 Å². The molecular formula is C16H23NO4. The molecule has 2 saturated heterocycles. The number of carbonyl (C=O) groups excluding carboxylic acids is 2. The first kappa shape index (κ1) is 14.6. The number of amides is 1. The van der Waals surface area contributed by atoms with Crippen molar-refractivity contribution in [2.45, 2.75) is 58.0 Å². The molecule has 2 bridgehead atoms. The van der Waals surface area contributed by atoms with Gasteiger partial charge in [-0.2, -0.15) is 0 Å². The van der Waals surface area contributed by atoms with Crippen LogP contribution in [0.4, 0.5) is 0 Å². The highest BCUT2D eigenvalue weighted by molar-refractivity contribution is 5.91. The number of carbonyl (C=O) groups is 2. The van der Waals surface area contributed by atoms with Gasteiger partial charge in [0.25, 0.3) is 0 Å². The molecule has 0 saturated carbocycles. The zero-order valence-electron chi connectivity index (χ0n) is 13.0. The maximum atomic E-state index is 12.8. The van der Waals surface area contributed by atoms with Crippen LogP contribution in [0.25, 0.3) is 0 Å². The van der Waals surface area contributed by atoms with Gasteiger partial charge in [0.2, 0.25) is 5.91 Å². The Morgan fingerprint density at radius 3 is 2.86 bits per heavy atom. The minimum absolute atomic E-state index is 0.0295. The quantitative estimate of drug-likeness (QED) is 0.582. The van der Waals surface area contributed by atoms with Crippen molar-refractivity contribution in [2.75, 3.05) is 6.54 Å². The van der Waals surface area contributed by atoms with Crippen molar-refractivity contribution < 1.29 is 19.1 Å². The highest BCUT2D eigenvalue weighted by Gasteiger charge is 2.67. The summed E-state index contributed by atoms with van der Waals surface area (Å²) in [6, 6.07) is 0.162. The van der Waals surface area contributed by atoms with Gasteiger partial charge in [0.15, 0.2) is 0 Å². The lowest BCUT2D eigenvalue weighted by molar-refractivity contribution is -0.157. The van der Waals surface area contributed by atoms with Gasteiger partial charge in [-0.05, 0) is 27.2 Å². The summed E-state index contributed by atoms with van der Waals surface area (Å²) in [5.74, 6) is -1.21. The van der Waals surface area contributed by atoms with E-state index in [0.717, 1.165) is 6.42 Å².